The molecule has 0 aliphatic carbocycles. The minimum atomic E-state index is 0.779. The van der Waals surface area contributed by atoms with Gasteiger partial charge in [0.2, 0.25) is 0 Å². The summed E-state index contributed by atoms with van der Waals surface area (Å²) < 4.78 is 1.02. The predicted molar refractivity (Wildman–Crippen MR) is 59.1 cm³/mol. The van der Waals surface area contributed by atoms with Gasteiger partial charge in [-0.15, -0.1) is 0 Å². The van der Waals surface area contributed by atoms with Gasteiger partial charge in [-0.05, 0) is 35.1 Å². The molecule has 0 unspecified atom stereocenters. The van der Waals surface area contributed by atoms with Crippen molar-refractivity contribution in [3.63, 3.8) is 0 Å². The Bertz CT molecular complexity index is 301. The molecule has 0 heterocycles. The van der Waals surface area contributed by atoms with Crippen molar-refractivity contribution in [1.29, 1.82) is 0 Å². The molecule has 0 atom stereocenters. The molecule has 0 aliphatic heterocycles. The van der Waals surface area contributed by atoms with Gasteiger partial charge in [-0.3, -0.25) is 4.79 Å². The van der Waals surface area contributed by atoms with E-state index in [9.17, 15) is 4.79 Å². The molecule has 0 saturated heterocycles. The van der Waals surface area contributed by atoms with Crippen molar-refractivity contribution in [1.82, 2.24) is 0 Å². The summed E-state index contributed by atoms with van der Waals surface area (Å²) in [7, 11) is 0. The first-order chi connectivity index (χ1) is 5.75. The molecule has 0 aromatic heterocycles. The highest BCUT2D eigenvalue weighted by atomic mass is 127. The molecular formula is C10H9IO. The van der Waals surface area contributed by atoms with Gasteiger partial charge in [0.15, 0.2) is 0 Å². The van der Waals surface area contributed by atoms with E-state index in [1.807, 2.05) is 37.3 Å². The summed E-state index contributed by atoms with van der Waals surface area (Å²) in [6, 6.07) is 9.88. The SMILES string of the molecule is C/C(C=O)=C(/I)c1ccccc1. The lowest BCUT2D eigenvalue weighted by molar-refractivity contribution is -0.104. The van der Waals surface area contributed by atoms with Crippen molar-refractivity contribution >= 4 is 32.5 Å². The molecule has 12 heavy (non-hydrogen) atoms. The normalized spacial score (nSPS) is 12.2. The van der Waals surface area contributed by atoms with Gasteiger partial charge in [-0.1, -0.05) is 30.3 Å². The molecule has 0 N–H and O–H groups in total. The predicted octanol–water partition coefficient (Wildman–Crippen LogP) is 3.05. The molecule has 1 rings (SSSR count). The second kappa shape index (κ2) is 4.40. The van der Waals surface area contributed by atoms with E-state index >= 15 is 0 Å². The Morgan fingerprint density at radius 1 is 1.33 bits per heavy atom. The first kappa shape index (κ1) is 9.45. The Kier molecular flexibility index (Phi) is 3.47. The van der Waals surface area contributed by atoms with E-state index in [0.29, 0.717) is 0 Å². The van der Waals surface area contributed by atoms with Crippen molar-refractivity contribution in [3.8, 4) is 0 Å². The summed E-state index contributed by atoms with van der Waals surface area (Å²) in [5.41, 5.74) is 1.88. The van der Waals surface area contributed by atoms with E-state index in [0.717, 1.165) is 21.0 Å². The smallest absolute Gasteiger partial charge is 0.146 e. The van der Waals surface area contributed by atoms with E-state index in [4.69, 9.17) is 0 Å². The van der Waals surface area contributed by atoms with Crippen molar-refractivity contribution in [2.24, 2.45) is 0 Å². The number of halogens is 1. The molecule has 0 spiro atoms. The van der Waals surface area contributed by atoms with Crippen LogP contribution in [0.1, 0.15) is 12.5 Å². The van der Waals surface area contributed by atoms with Gasteiger partial charge in [-0.25, -0.2) is 0 Å². The van der Waals surface area contributed by atoms with Crippen molar-refractivity contribution in [2.45, 2.75) is 6.92 Å². The van der Waals surface area contributed by atoms with E-state index in [-0.39, 0.29) is 0 Å². The largest absolute Gasteiger partial charge is 0.298 e. The van der Waals surface area contributed by atoms with Gasteiger partial charge in [0.05, 0.1) is 0 Å². The number of allylic oxidation sites excluding steroid dienone is 1. The quantitative estimate of drug-likeness (QED) is 0.459. The third-order valence-electron chi connectivity index (χ3n) is 1.55. The van der Waals surface area contributed by atoms with Gasteiger partial charge >= 0.3 is 0 Å². The van der Waals surface area contributed by atoms with Crippen LogP contribution in [-0.2, 0) is 4.79 Å². The number of aldehydes is 1. The van der Waals surface area contributed by atoms with Crippen LogP contribution in [0.3, 0.4) is 0 Å². The number of benzene rings is 1. The second-order valence-corrected chi connectivity index (χ2v) is 3.56. The minimum Gasteiger partial charge on any atom is -0.298 e. The van der Waals surface area contributed by atoms with E-state index in [1.54, 1.807) is 0 Å². The van der Waals surface area contributed by atoms with Gasteiger partial charge in [0.1, 0.15) is 6.29 Å². The van der Waals surface area contributed by atoms with E-state index in [1.165, 1.54) is 0 Å². The third kappa shape index (κ3) is 2.17. The summed E-state index contributed by atoms with van der Waals surface area (Å²) >= 11 is 2.18. The molecule has 0 saturated carbocycles. The standard InChI is InChI=1S/C10H9IO/c1-8(7-12)10(11)9-5-3-2-4-6-9/h2-7H,1H3/b10-8-. The van der Waals surface area contributed by atoms with Gasteiger partial charge in [-0.2, -0.15) is 0 Å². The zero-order valence-corrected chi connectivity index (χ0v) is 8.91. The fourth-order valence-corrected chi connectivity index (χ4v) is 1.35. The van der Waals surface area contributed by atoms with Crippen LogP contribution in [-0.4, -0.2) is 6.29 Å². The van der Waals surface area contributed by atoms with Crippen LogP contribution < -0.4 is 0 Å². The van der Waals surface area contributed by atoms with Crippen LogP contribution in [0.2, 0.25) is 0 Å². The van der Waals surface area contributed by atoms with Crippen molar-refractivity contribution < 1.29 is 4.79 Å². The summed E-state index contributed by atoms with van der Waals surface area (Å²) in [6.07, 6.45) is 0.884. The van der Waals surface area contributed by atoms with Crippen LogP contribution in [0.25, 0.3) is 3.58 Å². The molecule has 0 amide bonds. The number of rotatable bonds is 2. The Morgan fingerprint density at radius 3 is 2.42 bits per heavy atom. The lowest BCUT2D eigenvalue weighted by Crippen LogP contribution is -1.82. The Labute approximate surface area is 85.6 Å². The van der Waals surface area contributed by atoms with Gasteiger partial charge < -0.3 is 0 Å². The molecule has 1 nitrogen and oxygen atoms in total. The topological polar surface area (TPSA) is 17.1 Å². The van der Waals surface area contributed by atoms with Gasteiger partial charge in [0.25, 0.3) is 0 Å². The lowest BCUT2D eigenvalue weighted by Gasteiger charge is -1.99. The molecule has 0 radical (unpaired) electrons. The van der Waals surface area contributed by atoms with Crippen LogP contribution >= 0.6 is 22.6 Å². The first-order valence-electron chi connectivity index (χ1n) is 3.62. The maximum atomic E-state index is 10.5. The first-order valence-corrected chi connectivity index (χ1v) is 4.70. The van der Waals surface area contributed by atoms with Crippen LogP contribution in [0, 0.1) is 0 Å². The summed E-state index contributed by atoms with van der Waals surface area (Å²) in [6.45, 7) is 1.82. The average Bonchev–Trinajstić information content (AvgIpc) is 2.17. The zero-order valence-electron chi connectivity index (χ0n) is 6.75. The molecular weight excluding hydrogens is 263 g/mol. The average molecular weight is 272 g/mol. The fraction of sp³-hybridized carbons (Fsp3) is 0.100. The highest BCUT2D eigenvalue weighted by molar-refractivity contribution is 14.1. The number of carbonyl (C=O) groups excluding carboxylic acids is 1. The highest BCUT2D eigenvalue weighted by Gasteiger charge is 1.99. The second-order valence-electron chi connectivity index (χ2n) is 2.48. The molecule has 0 fully saturated rings. The van der Waals surface area contributed by atoms with Crippen molar-refractivity contribution in [2.75, 3.05) is 0 Å². The number of hydrogen-bond donors (Lipinski definition) is 0. The van der Waals surface area contributed by atoms with Crippen LogP contribution in [0.5, 0.6) is 0 Å². The minimum absolute atomic E-state index is 0.779. The molecule has 62 valence electrons. The molecule has 0 aliphatic rings. The Balaban J connectivity index is 3.08. The maximum absolute atomic E-state index is 10.5. The fourth-order valence-electron chi connectivity index (χ4n) is 0.864. The van der Waals surface area contributed by atoms with E-state index in [2.05, 4.69) is 22.6 Å². The number of carbonyl (C=O) groups is 1. The third-order valence-corrected chi connectivity index (χ3v) is 3.02. The zero-order chi connectivity index (χ0) is 8.97. The highest BCUT2D eigenvalue weighted by Crippen LogP contribution is 2.24. The molecule has 0 bridgehead atoms. The molecule has 1 aromatic rings. The molecule has 1 aromatic carbocycles. The lowest BCUT2D eigenvalue weighted by atomic mass is 10.1. The van der Waals surface area contributed by atoms with E-state index < -0.39 is 0 Å². The monoisotopic (exact) mass is 272 g/mol. The number of hydrogen-bond acceptors (Lipinski definition) is 1. The Morgan fingerprint density at radius 2 is 1.92 bits per heavy atom. The van der Waals surface area contributed by atoms with Gasteiger partial charge in [0, 0.05) is 9.15 Å². The Hall–Kier alpha value is -0.640. The van der Waals surface area contributed by atoms with Crippen LogP contribution in [0.15, 0.2) is 35.9 Å². The van der Waals surface area contributed by atoms with Crippen molar-refractivity contribution in [3.05, 3.63) is 41.5 Å². The summed E-state index contributed by atoms with van der Waals surface area (Å²) in [5, 5.41) is 0. The van der Waals surface area contributed by atoms with Crippen LogP contribution in [0.4, 0.5) is 0 Å². The summed E-state index contributed by atoms with van der Waals surface area (Å²) in [4.78, 5) is 10.5. The summed E-state index contributed by atoms with van der Waals surface area (Å²) in [5.74, 6) is 0. The maximum Gasteiger partial charge on any atom is 0.146 e. The molecule has 2 heteroatoms.